The molecule has 0 aliphatic carbocycles. The van der Waals surface area contributed by atoms with Gasteiger partial charge in [0, 0.05) is 0 Å². The van der Waals surface area contributed by atoms with Crippen molar-refractivity contribution in [3.63, 3.8) is 0 Å². The zero-order chi connectivity index (χ0) is 11.3. The lowest BCUT2D eigenvalue weighted by molar-refractivity contribution is 0.362. The molecule has 0 aromatic heterocycles. The van der Waals surface area contributed by atoms with Gasteiger partial charge < -0.3 is 5.73 Å². The molecule has 0 saturated carbocycles. The van der Waals surface area contributed by atoms with Crippen molar-refractivity contribution in [1.82, 2.24) is 0 Å². The molecule has 1 heteroatoms. The van der Waals surface area contributed by atoms with Crippen molar-refractivity contribution in [2.75, 3.05) is 6.54 Å². The van der Waals surface area contributed by atoms with Crippen molar-refractivity contribution in [2.45, 2.75) is 33.6 Å². The first kappa shape index (κ1) is 12.3. The summed E-state index contributed by atoms with van der Waals surface area (Å²) in [4.78, 5) is 0. The third kappa shape index (κ3) is 4.05. The lowest BCUT2D eigenvalue weighted by atomic mass is 9.86. The molecule has 0 spiro atoms. The van der Waals surface area contributed by atoms with Crippen molar-refractivity contribution in [3.8, 4) is 0 Å². The molecule has 1 aromatic carbocycles. The first-order valence-corrected chi connectivity index (χ1v) is 5.89. The third-order valence-corrected chi connectivity index (χ3v) is 3.06. The quantitative estimate of drug-likeness (QED) is 0.785. The Bertz CT molecular complexity index is 291. The van der Waals surface area contributed by atoms with Gasteiger partial charge in [0.1, 0.15) is 0 Å². The number of hydrogen-bond acceptors (Lipinski definition) is 1. The molecule has 0 aliphatic heterocycles. The van der Waals surface area contributed by atoms with Crippen LogP contribution in [0, 0.1) is 18.8 Å². The normalized spacial score (nSPS) is 13.1. The Hall–Kier alpha value is -0.820. The van der Waals surface area contributed by atoms with Gasteiger partial charge in [0.15, 0.2) is 0 Å². The van der Waals surface area contributed by atoms with Gasteiger partial charge >= 0.3 is 0 Å². The summed E-state index contributed by atoms with van der Waals surface area (Å²) in [6.45, 7) is 7.53. The van der Waals surface area contributed by atoms with Gasteiger partial charge in [-0.25, -0.2) is 0 Å². The highest BCUT2D eigenvalue weighted by atomic mass is 14.5. The highest BCUT2D eigenvalue weighted by Crippen LogP contribution is 2.20. The van der Waals surface area contributed by atoms with Crippen LogP contribution in [0.15, 0.2) is 24.3 Å². The summed E-state index contributed by atoms with van der Waals surface area (Å²) in [5.41, 5.74) is 8.45. The van der Waals surface area contributed by atoms with E-state index < -0.39 is 0 Å². The van der Waals surface area contributed by atoms with Crippen molar-refractivity contribution in [2.24, 2.45) is 17.6 Å². The monoisotopic (exact) mass is 205 g/mol. The Morgan fingerprint density at radius 3 is 2.53 bits per heavy atom. The highest BCUT2D eigenvalue weighted by Gasteiger charge is 2.12. The Balaban J connectivity index is 2.65. The van der Waals surface area contributed by atoms with Gasteiger partial charge in [-0.1, -0.05) is 43.7 Å². The van der Waals surface area contributed by atoms with Crippen LogP contribution < -0.4 is 5.73 Å². The fraction of sp³-hybridized carbons (Fsp3) is 0.571. The molecule has 1 nitrogen and oxygen atoms in total. The van der Waals surface area contributed by atoms with Crippen LogP contribution in [0.1, 0.15) is 31.4 Å². The summed E-state index contributed by atoms with van der Waals surface area (Å²) in [7, 11) is 0. The van der Waals surface area contributed by atoms with Crippen molar-refractivity contribution in [3.05, 3.63) is 35.4 Å². The Labute approximate surface area is 93.7 Å². The Kier molecular flexibility index (Phi) is 4.83. The lowest BCUT2D eigenvalue weighted by Gasteiger charge is -2.20. The zero-order valence-electron chi connectivity index (χ0n) is 10.2. The first-order valence-electron chi connectivity index (χ1n) is 5.89. The molecule has 0 aliphatic rings. The fourth-order valence-corrected chi connectivity index (χ4v) is 2.03. The number of benzene rings is 1. The molecule has 1 unspecified atom stereocenters. The van der Waals surface area contributed by atoms with E-state index in [0.29, 0.717) is 5.92 Å². The molecule has 0 saturated heterocycles. The van der Waals surface area contributed by atoms with Crippen LogP contribution in [0.4, 0.5) is 0 Å². The summed E-state index contributed by atoms with van der Waals surface area (Å²) in [6, 6.07) is 8.80. The van der Waals surface area contributed by atoms with E-state index in [9.17, 15) is 0 Å². The zero-order valence-corrected chi connectivity index (χ0v) is 10.2. The summed E-state index contributed by atoms with van der Waals surface area (Å²) < 4.78 is 0. The van der Waals surface area contributed by atoms with E-state index in [-0.39, 0.29) is 0 Å². The van der Waals surface area contributed by atoms with Gasteiger partial charge in [0.25, 0.3) is 0 Å². The van der Waals surface area contributed by atoms with E-state index in [4.69, 9.17) is 5.73 Å². The average Bonchev–Trinajstić information content (AvgIpc) is 2.17. The molecule has 1 rings (SSSR count). The maximum Gasteiger partial charge on any atom is -0.00744 e. The minimum absolute atomic E-state index is 0.717. The second kappa shape index (κ2) is 5.92. The highest BCUT2D eigenvalue weighted by molar-refractivity contribution is 5.22. The Morgan fingerprint density at radius 2 is 2.00 bits per heavy atom. The standard InChI is InChI=1S/C14H23N/c1-11(2)14(7-8-15)10-13-6-4-5-12(3)9-13/h4-6,9,11,14H,7-8,10,15H2,1-3H3. The SMILES string of the molecule is Cc1cccc(CC(CCN)C(C)C)c1. The fourth-order valence-electron chi connectivity index (χ4n) is 2.03. The molecule has 0 amide bonds. The second-order valence-corrected chi connectivity index (χ2v) is 4.77. The first-order chi connectivity index (χ1) is 7.13. The largest absolute Gasteiger partial charge is 0.330 e. The summed E-state index contributed by atoms with van der Waals surface area (Å²) in [5.74, 6) is 1.44. The Morgan fingerprint density at radius 1 is 1.27 bits per heavy atom. The van der Waals surface area contributed by atoms with Gasteiger partial charge in [0.2, 0.25) is 0 Å². The number of rotatable bonds is 5. The number of aryl methyl sites for hydroxylation is 1. The van der Waals surface area contributed by atoms with Gasteiger partial charge in [-0.2, -0.15) is 0 Å². The van der Waals surface area contributed by atoms with Gasteiger partial charge in [-0.05, 0) is 43.7 Å². The second-order valence-electron chi connectivity index (χ2n) is 4.77. The van der Waals surface area contributed by atoms with Crippen LogP contribution >= 0.6 is 0 Å². The van der Waals surface area contributed by atoms with E-state index >= 15 is 0 Å². The van der Waals surface area contributed by atoms with Gasteiger partial charge in [0.05, 0.1) is 0 Å². The van der Waals surface area contributed by atoms with Gasteiger partial charge in [-0.15, -0.1) is 0 Å². The third-order valence-electron chi connectivity index (χ3n) is 3.06. The van der Waals surface area contributed by atoms with Crippen LogP contribution in [0.5, 0.6) is 0 Å². The molecule has 2 N–H and O–H groups in total. The van der Waals surface area contributed by atoms with Gasteiger partial charge in [-0.3, -0.25) is 0 Å². The lowest BCUT2D eigenvalue weighted by Crippen LogP contribution is -2.16. The topological polar surface area (TPSA) is 26.0 Å². The van der Waals surface area contributed by atoms with Crippen LogP contribution in [0.25, 0.3) is 0 Å². The molecule has 0 heterocycles. The predicted molar refractivity (Wildman–Crippen MR) is 66.9 cm³/mol. The maximum absolute atomic E-state index is 5.65. The molecule has 15 heavy (non-hydrogen) atoms. The molecule has 0 radical (unpaired) electrons. The molecular weight excluding hydrogens is 182 g/mol. The molecule has 1 atom stereocenters. The minimum Gasteiger partial charge on any atom is -0.330 e. The van der Waals surface area contributed by atoms with E-state index in [2.05, 4.69) is 45.0 Å². The van der Waals surface area contributed by atoms with Crippen LogP contribution in [-0.2, 0) is 6.42 Å². The van der Waals surface area contributed by atoms with Crippen molar-refractivity contribution < 1.29 is 0 Å². The number of hydrogen-bond donors (Lipinski definition) is 1. The smallest absolute Gasteiger partial charge is 0.00744 e. The minimum atomic E-state index is 0.717. The molecule has 0 bridgehead atoms. The molecule has 84 valence electrons. The maximum atomic E-state index is 5.65. The average molecular weight is 205 g/mol. The summed E-state index contributed by atoms with van der Waals surface area (Å²) in [6.07, 6.45) is 2.29. The molecular formula is C14H23N. The summed E-state index contributed by atoms with van der Waals surface area (Å²) >= 11 is 0. The van der Waals surface area contributed by atoms with E-state index in [1.807, 2.05) is 0 Å². The molecule has 0 fully saturated rings. The van der Waals surface area contributed by atoms with E-state index in [1.165, 1.54) is 11.1 Å². The summed E-state index contributed by atoms with van der Waals surface area (Å²) in [5, 5.41) is 0. The van der Waals surface area contributed by atoms with Crippen LogP contribution in [-0.4, -0.2) is 6.54 Å². The van der Waals surface area contributed by atoms with Crippen molar-refractivity contribution >= 4 is 0 Å². The van der Waals surface area contributed by atoms with Crippen LogP contribution in [0.2, 0.25) is 0 Å². The van der Waals surface area contributed by atoms with E-state index in [0.717, 1.165) is 25.3 Å². The molecule has 1 aromatic rings. The number of nitrogens with two attached hydrogens (primary N) is 1. The van der Waals surface area contributed by atoms with Crippen LogP contribution in [0.3, 0.4) is 0 Å². The predicted octanol–water partition coefficient (Wildman–Crippen LogP) is 3.16. The van der Waals surface area contributed by atoms with Crippen molar-refractivity contribution in [1.29, 1.82) is 0 Å². The van der Waals surface area contributed by atoms with E-state index in [1.54, 1.807) is 0 Å².